The van der Waals surface area contributed by atoms with Crippen LogP contribution in [0.15, 0.2) is 60.8 Å². The van der Waals surface area contributed by atoms with Crippen molar-refractivity contribution < 1.29 is 15.0 Å². The highest BCUT2D eigenvalue weighted by Crippen LogP contribution is 2.17. The highest BCUT2D eigenvalue weighted by atomic mass is 16.3. The third kappa shape index (κ3) is 49.0. The normalized spacial score (nSPS) is 13.3. The van der Waals surface area contributed by atoms with Crippen molar-refractivity contribution >= 4 is 5.91 Å². The molecular weight excluding hydrogens is 747 g/mol. The predicted molar refractivity (Wildman–Crippen MR) is 271 cm³/mol. The number of aliphatic hydroxyl groups excluding tert-OH is 2. The summed E-state index contributed by atoms with van der Waals surface area (Å²) in [5, 5.41) is 23.3. The minimum absolute atomic E-state index is 0.0369. The second-order valence-corrected chi connectivity index (χ2v) is 18.3. The third-order valence-corrected chi connectivity index (χ3v) is 12.3. The number of amides is 1. The molecule has 0 rings (SSSR count). The quantitative estimate of drug-likeness (QED) is 0.0422. The molecule has 0 radical (unpaired) electrons. The first kappa shape index (κ1) is 59.1. The van der Waals surface area contributed by atoms with Gasteiger partial charge >= 0.3 is 0 Å². The number of carbonyl (C=O) groups excluding carboxylic acids is 1. The Morgan fingerprint density at radius 1 is 0.410 bits per heavy atom. The molecule has 0 spiro atoms. The monoisotopic (exact) mass is 852 g/mol. The zero-order valence-corrected chi connectivity index (χ0v) is 40.9. The van der Waals surface area contributed by atoms with Gasteiger partial charge in [-0.05, 0) is 57.8 Å². The van der Waals surface area contributed by atoms with E-state index >= 15 is 0 Å². The number of hydrogen-bond acceptors (Lipinski definition) is 3. The largest absolute Gasteiger partial charge is 0.394 e. The van der Waals surface area contributed by atoms with Gasteiger partial charge in [0.05, 0.1) is 18.8 Å². The topological polar surface area (TPSA) is 69.6 Å². The molecule has 3 N–H and O–H groups in total. The van der Waals surface area contributed by atoms with E-state index in [4.69, 9.17) is 0 Å². The molecule has 0 aromatic heterocycles. The standard InChI is InChI=1S/C57H105NO3/c1-3-5-7-9-11-13-15-17-19-21-23-25-27-29-31-33-35-37-39-41-43-45-47-49-51-53-57(61)58-55(54-59)56(60)52-50-48-46-44-42-40-38-36-34-32-30-28-26-24-22-20-18-16-14-12-10-8-6-4-2/h5,7,11,13,17,19,23,25,29,31,55-56,59-60H,3-4,6,8-10,12,14-16,18,20-22,24,26-28,30,32-54H2,1-2H3,(H,58,61)/b7-5-,13-11-,19-17-,25-23-,31-29-. The highest BCUT2D eigenvalue weighted by molar-refractivity contribution is 5.76. The Balaban J connectivity index is 3.50. The van der Waals surface area contributed by atoms with Gasteiger partial charge in [0.15, 0.2) is 0 Å². The van der Waals surface area contributed by atoms with Gasteiger partial charge in [-0.15, -0.1) is 0 Å². The summed E-state index contributed by atoms with van der Waals surface area (Å²) < 4.78 is 0. The summed E-state index contributed by atoms with van der Waals surface area (Å²) in [7, 11) is 0. The average Bonchev–Trinajstić information content (AvgIpc) is 3.26. The molecular formula is C57H105NO3. The maximum atomic E-state index is 12.5. The molecule has 2 unspecified atom stereocenters. The first-order chi connectivity index (χ1) is 30.2. The van der Waals surface area contributed by atoms with Crippen LogP contribution in [0.5, 0.6) is 0 Å². The maximum Gasteiger partial charge on any atom is 0.220 e. The molecule has 4 heteroatoms. The summed E-state index contributed by atoms with van der Waals surface area (Å²) >= 11 is 0. The first-order valence-electron chi connectivity index (χ1n) is 27.0. The van der Waals surface area contributed by atoms with Gasteiger partial charge in [-0.3, -0.25) is 4.79 Å². The van der Waals surface area contributed by atoms with E-state index in [1.807, 2.05) is 0 Å². The van der Waals surface area contributed by atoms with Crippen molar-refractivity contribution in [1.29, 1.82) is 0 Å². The molecule has 0 aliphatic rings. The van der Waals surface area contributed by atoms with Crippen LogP contribution >= 0.6 is 0 Å². The van der Waals surface area contributed by atoms with Gasteiger partial charge in [0.1, 0.15) is 0 Å². The van der Waals surface area contributed by atoms with Gasteiger partial charge < -0.3 is 15.5 Å². The van der Waals surface area contributed by atoms with Crippen LogP contribution in [0.4, 0.5) is 0 Å². The Hall–Kier alpha value is -1.91. The SMILES string of the molecule is CC/C=C\C/C=C\C/C=C\C/C=C\C/C=C\CCCCCCCCCCCC(=O)NC(CO)C(O)CCCCCCCCCCCCCCCCCCCCCCCCCC. The molecule has 0 aliphatic carbocycles. The van der Waals surface area contributed by atoms with Crippen LogP contribution in [0.2, 0.25) is 0 Å². The van der Waals surface area contributed by atoms with E-state index in [0.717, 1.165) is 57.8 Å². The summed E-state index contributed by atoms with van der Waals surface area (Å²) in [6.45, 7) is 4.26. The zero-order valence-electron chi connectivity index (χ0n) is 40.9. The van der Waals surface area contributed by atoms with E-state index in [1.54, 1.807) is 0 Å². The highest BCUT2D eigenvalue weighted by Gasteiger charge is 2.20. The fourth-order valence-corrected chi connectivity index (χ4v) is 8.21. The minimum Gasteiger partial charge on any atom is -0.394 e. The summed E-state index contributed by atoms with van der Waals surface area (Å²) in [6.07, 6.45) is 73.3. The number of nitrogens with one attached hydrogen (secondary N) is 1. The van der Waals surface area contributed by atoms with Gasteiger partial charge in [-0.1, -0.05) is 274 Å². The molecule has 0 aromatic carbocycles. The summed E-state index contributed by atoms with van der Waals surface area (Å²) in [6, 6.07) is -0.544. The first-order valence-corrected chi connectivity index (χ1v) is 27.0. The van der Waals surface area contributed by atoms with Crippen LogP contribution in [0, 0.1) is 0 Å². The fraction of sp³-hybridized carbons (Fsp3) is 0.807. The summed E-state index contributed by atoms with van der Waals surface area (Å²) in [5.74, 6) is -0.0369. The number of unbranched alkanes of at least 4 members (excludes halogenated alkanes) is 32. The summed E-state index contributed by atoms with van der Waals surface area (Å²) in [4.78, 5) is 12.5. The van der Waals surface area contributed by atoms with Crippen molar-refractivity contribution in [2.75, 3.05) is 6.61 Å². The molecule has 0 bridgehead atoms. The fourth-order valence-electron chi connectivity index (χ4n) is 8.21. The molecule has 0 heterocycles. The predicted octanol–water partition coefficient (Wildman–Crippen LogP) is 17.6. The lowest BCUT2D eigenvalue weighted by atomic mass is 10.0. The number of rotatable bonds is 49. The van der Waals surface area contributed by atoms with Gasteiger partial charge in [-0.2, -0.15) is 0 Å². The van der Waals surface area contributed by atoms with Crippen LogP contribution in [0.25, 0.3) is 0 Å². The van der Waals surface area contributed by atoms with Gasteiger partial charge in [-0.25, -0.2) is 0 Å². The van der Waals surface area contributed by atoms with Crippen molar-refractivity contribution in [1.82, 2.24) is 5.32 Å². The molecule has 0 saturated heterocycles. The van der Waals surface area contributed by atoms with Gasteiger partial charge in [0.25, 0.3) is 0 Å². The molecule has 61 heavy (non-hydrogen) atoms. The molecule has 0 aliphatic heterocycles. The molecule has 1 amide bonds. The Morgan fingerprint density at radius 3 is 1.08 bits per heavy atom. The van der Waals surface area contributed by atoms with Crippen LogP contribution in [0.3, 0.4) is 0 Å². The average molecular weight is 852 g/mol. The van der Waals surface area contributed by atoms with Crippen LogP contribution in [-0.4, -0.2) is 34.9 Å². The Kier molecular flexibility index (Phi) is 50.8. The second-order valence-electron chi connectivity index (χ2n) is 18.3. The maximum absolute atomic E-state index is 12.5. The van der Waals surface area contributed by atoms with E-state index in [2.05, 4.69) is 79.9 Å². The molecule has 0 aromatic rings. The Morgan fingerprint density at radius 2 is 0.721 bits per heavy atom. The number of allylic oxidation sites excluding steroid dienone is 10. The molecule has 4 nitrogen and oxygen atoms in total. The number of hydrogen-bond donors (Lipinski definition) is 3. The molecule has 2 atom stereocenters. The molecule has 0 fully saturated rings. The van der Waals surface area contributed by atoms with Gasteiger partial charge in [0, 0.05) is 6.42 Å². The van der Waals surface area contributed by atoms with E-state index < -0.39 is 12.1 Å². The lowest BCUT2D eigenvalue weighted by Crippen LogP contribution is -2.45. The van der Waals surface area contributed by atoms with E-state index in [1.165, 1.54) is 193 Å². The van der Waals surface area contributed by atoms with Crippen molar-refractivity contribution in [3.63, 3.8) is 0 Å². The van der Waals surface area contributed by atoms with Crippen molar-refractivity contribution in [3.05, 3.63) is 60.8 Å². The van der Waals surface area contributed by atoms with Crippen LogP contribution in [-0.2, 0) is 4.79 Å². The smallest absolute Gasteiger partial charge is 0.220 e. The van der Waals surface area contributed by atoms with Crippen LogP contribution < -0.4 is 5.32 Å². The number of aliphatic hydroxyl groups is 2. The van der Waals surface area contributed by atoms with Crippen molar-refractivity contribution in [3.8, 4) is 0 Å². The zero-order chi connectivity index (χ0) is 44.2. The Labute approximate surface area is 381 Å². The molecule has 356 valence electrons. The van der Waals surface area contributed by atoms with Gasteiger partial charge in [0.2, 0.25) is 5.91 Å². The minimum atomic E-state index is -0.666. The van der Waals surface area contributed by atoms with Crippen molar-refractivity contribution in [2.24, 2.45) is 0 Å². The second kappa shape index (κ2) is 52.4. The third-order valence-electron chi connectivity index (χ3n) is 12.3. The summed E-state index contributed by atoms with van der Waals surface area (Å²) in [5.41, 5.74) is 0. The lowest BCUT2D eigenvalue weighted by molar-refractivity contribution is -0.123. The van der Waals surface area contributed by atoms with Crippen LogP contribution in [0.1, 0.15) is 277 Å². The Bertz CT molecular complexity index is 1010. The van der Waals surface area contributed by atoms with Crippen molar-refractivity contribution in [2.45, 2.75) is 289 Å². The van der Waals surface area contributed by atoms with E-state index in [9.17, 15) is 15.0 Å². The lowest BCUT2D eigenvalue weighted by Gasteiger charge is -2.22. The number of carbonyl (C=O) groups is 1. The van der Waals surface area contributed by atoms with E-state index in [-0.39, 0.29) is 12.5 Å². The van der Waals surface area contributed by atoms with E-state index in [0.29, 0.717) is 12.8 Å². The molecule has 0 saturated carbocycles.